The highest BCUT2D eigenvalue weighted by atomic mass is 16.2. The molecule has 0 aromatic carbocycles. The van der Waals surface area contributed by atoms with Crippen LogP contribution < -0.4 is 5.32 Å². The summed E-state index contributed by atoms with van der Waals surface area (Å²) in [6, 6.07) is -0.00695. The van der Waals surface area contributed by atoms with Crippen LogP contribution in [0.5, 0.6) is 0 Å². The van der Waals surface area contributed by atoms with Crippen molar-refractivity contribution in [1.82, 2.24) is 10.2 Å². The van der Waals surface area contributed by atoms with Gasteiger partial charge < -0.3 is 4.90 Å². The van der Waals surface area contributed by atoms with Crippen LogP contribution >= 0.6 is 0 Å². The molecule has 17 heavy (non-hydrogen) atoms. The molecule has 1 fully saturated rings. The molecular formula is C14H28N2O. The van der Waals surface area contributed by atoms with E-state index in [0.29, 0.717) is 5.92 Å². The Morgan fingerprint density at radius 3 is 2.41 bits per heavy atom. The predicted molar refractivity (Wildman–Crippen MR) is 71.6 cm³/mol. The Kier molecular flexibility index (Phi) is 5.44. The van der Waals surface area contributed by atoms with Crippen LogP contribution in [-0.2, 0) is 4.79 Å². The van der Waals surface area contributed by atoms with Gasteiger partial charge in [-0.25, -0.2) is 0 Å². The van der Waals surface area contributed by atoms with Crippen LogP contribution in [0.25, 0.3) is 0 Å². The van der Waals surface area contributed by atoms with Crippen molar-refractivity contribution in [3.05, 3.63) is 0 Å². The largest absolute Gasteiger partial charge is 0.326 e. The van der Waals surface area contributed by atoms with Crippen LogP contribution in [0.2, 0.25) is 0 Å². The van der Waals surface area contributed by atoms with Gasteiger partial charge in [-0.1, -0.05) is 40.5 Å². The van der Waals surface area contributed by atoms with E-state index in [2.05, 4.69) is 33.0 Å². The number of hydrogen-bond acceptors (Lipinski definition) is 2. The van der Waals surface area contributed by atoms with Gasteiger partial charge in [-0.3, -0.25) is 10.1 Å². The van der Waals surface area contributed by atoms with Crippen molar-refractivity contribution < 1.29 is 4.79 Å². The van der Waals surface area contributed by atoms with Crippen molar-refractivity contribution in [2.24, 2.45) is 11.8 Å². The van der Waals surface area contributed by atoms with Gasteiger partial charge in [-0.2, -0.15) is 0 Å². The fourth-order valence-electron chi connectivity index (χ4n) is 2.44. The number of carbonyl (C=O) groups excluding carboxylic acids is 1. The van der Waals surface area contributed by atoms with Crippen molar-refractivity contribution in [2.45, 2.75) is 66.1 Å². The molecule has 2 unspecified atom stereocenters. The van der Waals surface area contributed by atoms with Crippen molar-refractivity contribution in [2.75, 3.05) is 6.54 Å². The van der Waals surface area contributed by atoms with Crippen molar-refractivity contribution in [3.63, 3.8) is 0 Å². The predicted octanol–water partition coefficient (Wildman–Crippen LogP) is 2.62. The molecule has 1 saturated heterocycles. The van der Waals surface area contributed by atoms with Gasteiger partial charge in [0.1, 0.15) is 0 Å². The van der Waals surface area contributed by atoms with Gasteiger partial charge in [0.2, 0.25) is 5.91 Å². The molecular weight excluding hydrogens is 212 g/mol. The fraction of sp³-hybridized carbons (Fsp3) is 0.929. The Bertz CT molecular complexity index is 251. The maximum atomic E-state index is 12.0. The normalized spacial score (nSPS) is 25.4. The van der Waals surface area contributed by atoms with Gasteiger partial charge >= 0.3 is 0 Å². The molecule has 100 valence electrons. The van der Waals surface area contributed by atoms with Crippen LogP contribution in [0.3, 0.4) is 0 Å². The third-order valence-corrected chi connectivity index (χ3v) is 3.47. The Morgan fingerprint density at radius 2 is 1.88 bits per heavy atom. The molecule has 0 saturated carbocycles. The van der Waals surface area contributed by atoms with E-state index in [4.69, 9.17) is 0 Å². The zero-order chi connectivity index (χ0) is 13.0. The van der Waals surface area contributed by atoms with Crippen molar-refractivity contribution in [1.29, 1.82) is 0 Å². The maximum Gasteiger partial charge on any atom is 0.240 e. The van der Waals surface area contributed by atoms with Gasteiger partial charge in [0, 0.05) is 6.54 Å². The lowest BCUT2D eigenvalue weighted by molar-refractivity contribution is -0.130. The average Bonchev–Trinajstić information content (AvgIpc) is 2.51. The molecule has 1 aliphatic rings. The first-order valence-electron chi connectivity index (χ1n) is 7.00. The number of nitrogens with zero attached hydrogens (tertiary/aromatic N) is 1. The van der Waals surface area contributed by atoms with Crippen molar-refractivity contribution in [3.8, 4) is 0 Å². The van der Waals surface area contributed by atoms with Gasteiger partial charge in [0.25, 0.3) is 0 Å². The minimum absolute atomic E-state index is 0.00695. The van der Waals surface area contributed by atoms with E-state index >= 15 is 0 Å². The molecule has 0 aromatic rings. The molecule has 3 heteroatoms. The number of amides is 1. The molecule has 0 bridgehead atoms. The molecule has 0 spiro atoms. The minimum Gasteiger partial charge on any atom is -0.326 e. The molecule has 1 heterocycles. The topological polar surface area (TPSA) is 32.3 Å². The summed E-state index contributed by atoms with van der Waals surface area (Å²) >= 11 is 0. The molecule has 1 aliphatic heterocycles. The van der Waals surface area contributed by atoms with E-state index in [1.54, 1.807) is 0 Å². The number of hydrogen-bond donors (Lipinski definition) is 1. The van der Waals surface area contributed by atoms with Crippen LogP contribution in [0.4, 0.5) is 0 Å². The van der Waals surface area contributed by atoms with E-state index in [9.17, 15) is 4.79 Å². The molecule has 1 N–H and O–H groups in total. The zero-order valence-electron chi connectivity index (χ0n) is 12.0. The van der Waals surface area contributed by atoms with E-state index in [1.165, 1.54) is 12.8 Å². The summed E-state index contributed by atoms with van der Waals surface area (Å²) in [6.45, 7) is 11.7. The Morgan fingerprint density at radius 1 is 1.24 bits per heavy atom. The fourth-order valence-corrected chi connectivity index (χ4v) is 2.44. The second-order valence-electron chi connectivity index (χ2n) is 6.00. The standard InChI is InChI=1S/C14H28N2O/c1-10(2)8-6-7-9-16-13(11(3)4)15-12(5)14(16)17/h10-13,15H,6-9H2,1-5H3. The Balaban J connectivity index is 2.41. The third-order valence-electron chi connectivity index (χ3n) is 3.47. The first kappa shape index (κ1) is 14.5. The Hall–Kier alpha value is -0.570. The molecule has 0 aliphatic carbocycles. The van der Waals surface area contributed by atoms with Crippen LogP contribution in [0.1, 0.15) is 53.9 Å². The smallest absolute Gasteiger partial charge is 0.240 e. The number of rotatable bonds is 6. The molecule has 3 nitrogen and oxygen atoms in total. The lowest BCUT2D eigenvalue weighted by Gasteiger charge is -2.27. The summed E-state index contributed by atoms with van der Waals surface area (Å²) in [4.78, 5) is 14.0. The summed E-state index contributed by atoms with van der Waals surface area (Å²) in [7, 11) is 0. The van der Waals surface area contributed by atoms with E-state index in [0.717, 1.165) is 18.9 Å². The maximum absolute atomic E-state index is 12.0. The van der Waals surface area contributed by atoms with E-state index in [-0.39, 0.29) is 18.1 Å². The lowest BCUT2D eigenvalue weighted by atomic mass is 10.1. The first-order chi connectivity index (χ1) is 7.93. The molecule has 1 amide bonds. The summed E-state index contributed by atoms with van der Waals surface area (Å²) in [6.07, 6.45) is 3.84. The highest BCUT2D eigenvalue weighted by Crippen LogP contribution is 2.18. The van der Waals surface area contributed by atoms with Gasteiger partial charge in [-0.15, -0.1) is 0 Å². The van der Waals surface area contributed by atoms with Crippen LogP contribution in [0, 0.1) is 11.8 Å². The van der Waals surface area contributed by atoms with E-state index in [1.807, 2.05) is 11.8 Å². The van der Waals surface area contributed by atoms with Crippen LogP contribution in [-0.4, -0.2) is 29.6 Å². The summed E-state index contributed by atoms with van der Waals surface area (Å²) in [5.74, 6) is 1.52. The highest BCUT2D eigenvalue weighted by Gasteiger charge is 2.36. The Labute approximate surface area is 106 Å². The number of unbranched alkanes of at least 4 members (excludes halogenated alkanes) is 1. The summed E-state index contributed by atoms with van der Waals surface area (Å²) in [5, 5.41) is 3.38. The van der Waals surface area contributed by atoms with Gasteiger partial charge in [0.15, 0.2) is 0 Å². The zero-order valence-corrected chi connectivity index (χ0v) is 12.0. The number of carbonyl (C=O) groups is 1. The van der Waals surface area contributed by atoms with Gasteiger partial charge in [-0.05, 0) is 25.2 Å². The molecule has 2 atom stereocenters. The van der Waals surface area contributed by atoms with Crippen molar-refractivity contribution >= 4 is 5.91 Å². The van der Waals surface area contributed by atoms with E-state index < -0.39 is 0 Å². The van der Waals surface area contributed by atoms with Crippen LogP contribution in [0.15, 0.2) is 0 Å². The number of nitrogens with one attached hydrogen (secondary N) is 1. The lowest BCUT2D eigenvalue weighted by Crippen LogP contribution is -2.41. The minimum atomic E-state index is -0.00695. The second-order valence-corrected chi connectivity index (χ2v) is 6.00. The molecule has 1 rings (SSSR count). The SMILES string of the molecule is CC(C)CCCCN1C(=O)C(C)NC1C(C)C. The molecule has 0 radical (unpaired) electrons. The average molecular weight is 240 g/mol. The quantitative estimate of drug-likeness (QED) is 0.724. The summed E-state index contributed by atoms with van der Waals surface area (Å²) in [5.41, 5.74) is 0. The second kappa shape index (κ2) is 6.39. The summed E-state index contributed by atoms with van der Waals surface area (Å²) < 4.78 is 0. The third kappa shape index (κ3) is 3.98. The highest BCUT2D eigenvalue weighted by molar-refractivity contribution is 5.83. The molecule has 0 aromatic heterocycles. The monoisotopic (exact) mass is 240 g/mol. The van der Waals surface area contributed by atoms with Gasteiger partial charge in [0.05, 0.1) is 12.2 Å². The first-order valence-corrected chi connectivity index (χ1v) is 7.00.